The third-order valence-electron chi connectivity index (χ3n) is 1.53. The molecule has 0 atom stereocenters. The Kier molecular flexibility index (Phi) is 8.85. The van der Waals surface area contributed by atoms with E-state index in [1.54, 1.807) is 0 Å². The molecule has 0 radical (unpaired) electrons. The molecule has 2 nitrogen and oxygen atoms in total. The molecule has 11 heavy (non-hydrogen) atoms. The summed E-state index contributed by atoms with van der Waals surface area (Å²) in [6, 6.07) is 1.26. The van der Waals surface area contributed by atoms with Gasteiger partial charge in [-0.25, -0.2) is 0 Å². The zero-order valence-electron chi connectivity index (χ0n) is 7.49. The van der Waals surface area contributed by atoms with Crippen molar-refractivity contribution in [2.24, 2.45) is 0 Å². The summed E-state index contributed by atoms with van der Waals surface area (Å²) < 4.78 is 0. The Morgan fingerprint density at radius 3 is 2.09 bits per heavy atom. The van der Waals surface area contributed by atoms with Crippen LogP contribution in [0.4, 0.5) is 0 Å². The van der Waals surface area contributed by atoms with Crippen molar-refractivity contribution in [1.82, 2.24) is 9.96 Å². The van der Waals surface area contributed by atoms with Crippen LogP contribution in [0.1, 0.15) is 20.3 Å². The molecule has 4 heteroatoms. The van der Waals surface area contributed by atoms with Gasteiger partial charge in [-0.2, -0.15) is 0 Å². The molecule has 0 aromatic heterocycles. The smallest absolute Gasteiger partial charge is 0.184 e. The first-order valence-electron chi connectivity index (χ1n) is 4.37. The molecular formula is C7H19ClN2Si. The Balaban J connectivity index is 3.34. The summed E-state index contributed by atoms with van der Waals surface area (Å²) >= 11 is 5.61. The summed E-state index contributed by atoms with van der Waals surface area (Å²) in [4.78, 5) is 6.97. The summed E-state index contributed by atoms with van der Waals surface area (Å²) in [5.41, 5.74) is 0. The first-order chi connectivity index (χ1) is 5.35. The van der Waals surface area contributed by atoms with Crippen molar-refractivity contribution in [3.8, 4) is 0 Å². The van der Waals surface area contributed by atoms with Crippen LogP contribution >= 0.6 is 11.6 Å². The zero-order chi connectivity index (χ0) is 8.53. The standard InChI is InChI=1S/C7H19ClN2Si/c1-3-9-11(10-4-2)7-5-6-8/h9-11H,3-7H2,1-2H3. The fraction of sp³-hybridized carbons (Fsp3) is 1.00. The molecule has 0 aromatic rings. The van der Waals surface area contributed by atoms with Gasteiger partial charge in [-0.1, -0.05) is 13.8 Å². The summed E-state index contributed by atoms with van der Waals surface area (Å²) in [6.45, 7) is 6.45. The molecule has 2 N–H and O–H groups in total. The average Bonchev–Trinajstić information content (AvgIpc) is 2.01. The van der Waals surface area contributed by atoms with Gasteiger partial charge >= 0.3 is 0 Å². The molecule has 0 amide bonds. The van der Waals surface area contributed by atoms with Crippen LogP contribution in [0.3, 0.4) is 0 Å². The van der Waals surface area contributed by atoms with Crippen LogP contribution < -0.4 is 9.96 Å². The van der Waals surface area contributed by atoms with Crippen molar-refractivity contribution in [2.45, 2.75) is 26.3 Å². The van der Waals surface area contributed by atoms with E-state index in [0.717, 1.165) is 25.4 Å². The Morgan fingerprint density at radius 2 is 1.73 bits per heavy atom. The lowest BCUT2D eigenvalue weighted by Gasteiger charge is -2.15. The van der Waals surface area contributed by atoms with E-state index < -0.39 is 9.12 Å². The van der Waals surface area contributed by atoms with Crippen LogP contribution in [0.15, 0.2) is 0 Å². The molecule has 0 heterocycles. The van der Waals surface area contributed by atoms with E-state index in [2.05, 4.69) is 23.8 Å². The van der Waals surface area contributed by atoms with Gasteiger partial charge in [-0.3, -0.25) is 0 Å². The van der Waals surface area contributed by atoms with Crippen LogP contribution in [0, 0.1) is 0 Å². The predicted octanol–water partition coefficient (Wildman–Crippen LogP) is 1.05. The van der Waals surface area contributed by atoms with Crippen LogP contribution in [-0.4, -0.2) is 28.1 Å². The quantitative estimate of drug-likeness (QED) is 0.468. The molecule has 0 aromatic carbocycles. The number of hydrogen-bond acceptors (Lipinski definition) is 2. The summed E-state index contributed by atoms with van der Waals surface area (Å²) in [5.74, 6) is 0.792. The minimum atomic E-state index is -0.836. The highest BCUT2D eigenvalue weighted by Gasteiger charge is 2.05. The molecule has 0 rings (SSSR count). The number of hydrogen-bond donors (Lipinski definition) is 2. The van der Waals surface area contributed by atoms with Gasteiger partial charge in [0.15, 0.2) is 9.12 Å². The first-order valence-corrected chi connectivity index (χ1v) is 6.88. The lowest BCUT2D eigenvalue weighted by atomic mass is 10.6. The molecule has 0 unspecified atom stereocenters. The molecule has 0 aliphatic heterocycles. The van der Waals surface area contributed by atoms with Gasteiger partial charge < -0.3 is 9.96 Å². The van der Waals surface area contributed by atoms with E-state index in [1.165, 1.54) is 6.04 Å². The highest BCUT2D eigenvalue weighted by Crippen LogP contribution is 1.94. The van der Waals surface area contributed by atoms with E-state index in [1.807, 2.05) is 0 Å². The van der Waals surface area contributed by atoms with Gasteiger partial charge in [-0.15, -0.1) is 11.6 Å². The minimum absolute atomic E-state index is 0.792. The second kappa shape index (κ2) is 8.52. The average molecular weight is 195 g/mol. The second-order valence-electron chi connectivity index (χ2n) is 2.50. The van der Waals surface area contributed by atoms with E-state index in [0.29, 0.717) is 0 Å². The molecule has 0 saturated carbocycles. The van der Waals surface area contributed by atoms with E-state index >= 15 is 0 Å². The van der Waals surface area contributed by atoms with E-state index in [4.69, 9.17) is 11.6 Å². The maximum atomic E-state index is 5.61. The SMILES string of the molecule is CCN[SiH](CCCCl)NCC. The van der Waals surface area contributed by atoms with E-state index in [9.17, 15) is 0 Å². The summed E-state index contributed by atoms with van der Waals surface area (Å²) in [6.07, 6.45) is 1.14. The van der Waals surface area contributed by atoms with Crippen LogP contribution in [0.25, 0.3) is 0 Å². The maximum Gasteiger partial charge on any atom is 0.184 e. The maximum absolute atomic E-state index is 5.61. The first kappa shape index (κ1) is 11.4. The van der Waals surface area contributed by atoms with Crippen molar-refractivity contribution in [3.05, 3.63) is 0 Å². The number of alkyl halides is 1. The number of rotatable bonds is 7. The lowest BCUT2D eigenvalue weighted by Crippen LogP contribution is -2.47. The van der Waals surface area contributed by atoms with Gasteiger partial charge in [0.2, 0.25) is 0 Å². The number of halogens is 1. The van der Waals surface area contributed by atoms with Gasteiger partial charge in [0.05, 0.1) is 0 Å². The Labute approximate surface area is 76.5 Å². The molecule has 0 aliphatic rings. The fourth-order valence-electron chi connectivity index (χ4n) is 1.05. The summed E-state index contributed by atoms with van der Waals surface area (Å²) in [7, 11) is -0.836. The molecule has 0 fully saturated rings. The topological polar surface area (TPSA) is 24.1 Å². The predicted molar refractivity (Wildman–Crippen MR) is 54.6 cm³/mol. The van der Waals surface area contributed by atoms with Crippen molar-refractivity contribution in [3.63, 3.8) is 0 Å². The van der Waals surface area contributed by atoms with Gasteiger partial charge in [0.1, 0.15) is 0 Å². The normalized spacial score (nSPS) is 10.9. The molecule has 68 valence electrons. The van der Waals surface area contributed by atoms with Crippen molar-refractivity contribution >= 4 is 20.7 Å². The Morgan fingerprint density at radius 1 is 1.18 bits per heavy atom. The summed E-state index contributed by atoms with van der Waals surface area (Å²) in [5, 5.41) is 0. The molecule has 0 saturated heterocycles. The fourth-order valence-corrected chi connectivity index (χ4v) is 3.61. The molecular weight excluding hydrogens is 176 g/mol. The molecule has 0 spiro atoms. The van der Waals surface area contributed by atoms with Crippen molar-refractivity contribution in [2.75, 3.05) is 19.0 Å². The molecule has 0 aliphatic carbocycles. The van der Waals surface area contributed by atoms with Crippen LogP contribution in [0.5, 0.6) is 0 Å². The van der Waals surface area contributed by atoms with Gasteiger partial charge in [-0.05, 0) is 25.6 Å². The second-order valence-corrected chi connectivity index (χ2v) is 5.38. The Bertz CT molecular complexity index is 76.8. The van der Waals surface area contributed by atoms with Crippen molar-refractivity contribution in [1.29, 1.82) is 0 Å². The largest absolute Gasteiger partial charge is 0.328 e. The van der Waals surface area contributed by atoms with Crippen LogP contribution in [0.2, 0.25) is 6.04 Å². The third kappa shape index (κ3) is 6.81. The highest BCUT2D eigenvalue weighted by molar-refractivity contribution is 6.53. The highest BCUT2D eigenvalue weighted by atomic mass is 35.5. The van der Waals surface area contributed by atoms with Gasteiger partial charge in [0, 0.05) is 5.88 Å². The number of nitrogens with one attached hydrogen (secondary N) is 2. The minimum Gasteiger partial charge on any atom is -0.328 e. The Hall–Kier alpha value is 0.427. The van der Waals surface area contributed by atoms with Crippen molar-refractivity contribution < 1.29 is 0 Å². The lowest BCUT2D eigenvalue weighted by molar-refractivity contribution is 0.862. The zero-order valence-corrected chi connectivity index (χ0v) is 9.40. The third-order valence-corrected chi connectivity index (χ3v) is 4.58. The van der Waals surface area contributed by atoms with E-state index in [-0.39, 0.29) is 0 Å². The molecule has 0 bridgehead atoms. The van der Waals surface area contributed by atoms with Gasteiger partial charge in [0.25, 0.3) is 0 Å². The monoisotopic (exact) mass is 194 g/mol. The van der Waals surface area contributed by atoms with Crippen LogP contribution in [-0.2, 0) is 0 Å².